The first-order valence-corrected chi connectivity index (χ1v) is 4.47. The van der Waals surface area contributed by atoms with Crippen LogP contribution in [0.1, 0.15) is 23.4 Å². The van der Waals surface area contributed by atoms with Crippen LogP contribution in [0.2, 0.25) is 0 Å². The Labute approximate surface area is 93.4 Å². The van der Waals surface area contributed by atoms with Gasteiger partial charge in [0.25, 0.3) is 12.1 Å². The van der Waals surface area contributed by atoms with Crippen molar-refractivity contribution in [2.75, 3.05) is 0 Å². The lowest BCUT2D eigenvalue weighted by Crippen LogP contribution is -2.03. The van der Waals surface area contributed by atoms with Crippen molar-refractivity contribution in [3.63, 3.8) is 0 Å². The van der Waals surface area contributed by atoms with E-state index in [-0.39, 0.29) is 11.4 Å². The van der Waals surface area contributed by atoms with E-state index in [0.29, 0.717) is 6.07 Å². The molecule has 0 saturated heterocycles. The van der Waals surface area contributed by atoms with E-state index < -0.39 is 28.4 Å². The lowest BCUT2D eigenvalue weighted by molar-refractivity contribution is -0.385. The Morgan fingerprint density at radius 1 is 1.69 bits per heavy atom. The van der Waals surface area contributed by atoms with Crippen LogP contribution in [0.15, 0.2) is 6.07 Å². The fourth-order valence-corrected chi connectivity index (χ4v) is 1.34. The zero-order valence-electron chi connectivity index (χ0n) is 7.65. The van der Waals surface area contributed by atoms with Gasteiger partial charge in [-0.25, -0.2) is 13.8 Å². The van der Waals surface area contributed by atoms with Crippen molar-refractivity contribution in [1.82, 2.24) is 4.98 Å². The molecule has 1 heterocycles. The van der Waals surface area contributed by atoms with E-state index in [4.69, 9.17) is 16.9 Å². The summed E-state index contributed by atoms with van der Waals surface area (Å²) in [6, 6.07) is 2.13. The van der Waals surface area contributed by atoms with Crippen molar-refractivity contribution < 1.29 is 13.7 Å². The minimum absolute atomic E-state index is 0.154. The number of rotatable bonds is 3. The average molecular weight is 248 g/mol. The highest BCUT2D eigenvalue weighted by molar-refractivity contribution is 6.17. The molecule has 0 aliphatic carbocycles. The highest BCUT2D eigenvalue weighted by Crippen LogP contribution is 2.28. The maximum atomic E-state index is 12.3. The van der Waals surface area contributed by atoms with Gasteiger partial charge in [-0.05, 0) is 0 Å². The topological polar surface area (TPSA) is 79.8 Å². The van der Waals surface area contributed by atoms with E-state index in [2.05, 4.69) is 4.98 Å². The normalized spacial score (nSPS) is 10.2. The molecule has 1 rings (SSSR count). The second kappa shape index (κ2) is 4.81. The third-order valence-electron chi connectivity index (χ3n) is 1.78. The van der Waals surface area contributed by atoms with Crippen molar-refractivity contribution >= 4 is 17.3 Å². The summed E-state index contributed by atoms with van der Waals surface area (Å²) in [6.07, 6.45) is -2.98. The first-order valence-electron chi connectivity index (χ1n) is 3.93. The summed E-state index contributed by atoms with van der Waals surface area (Å²) in [5.74, 6) is -0.338. The minimum Gasteiger partial charge on any atom is -0.258 e. The van der Waals surface area contributed by atoms with Gasteiger partial charge in [-0.3, -0.25) is 10.1 Å². The molecule has 0 aliphatic heterocycles. The highest BCUT2D eigenvalue weighted by atomic mass is 35.5. The van der Waals surface area contributed by atoms with Gasteiger partial charge in [-0.1, -0.05) is 0 Å². The van der Waals surface area contributed by atoms with E-state index in [9.17, 15) is 18.9 Å². The van der Waals surface area contributed by atoms with Gasteiger partial charge < -0.3 is 0 Å². The standard InChI is InChI=1S/C8H4ClF2N3O2/c9-2-4-6(3-12)13-5(8(10)11)1-7(4)14(15)16/h1,8H,2H2. The van der Waals surface area contributed by atoms with Crippen LogP contribution in [0, 0.1) is 21.4 Å². The molecule has 0 atom stereocenters. The Bertz CT molecular complexity index is 473. The number of nitrogens with zero attached hydrogens (tertiary/aromatic N) is 3. The van der Waals surface area contributed by atoms with Crippen LogP contribution < -0.4 is 0 Å². The van der Waals surface area contributed by atoms with Crippen LogP contribution in [0.4, 0.5) is 14.5 Å². The summed E-state index contributed by atoms with van der Waals surface area (Å²) in [7, 11) is 0. The molecule has 0 N–H and O–H groups in total. The Morgan fingerprint density at radius 2 is 2.31 bits per heavy atom. The van der Waals surface area contributed by atoms with Crippen LogP contribution >= 0.6 is 11.6 Å². The molecule has 5 nitrogen and oxygen atoms in total. The second-order valence-electron chi connectivity index (χ2n) is 2.70. The second-order valence-corrected chi connectivity index (χ2v) is 2.96. The molecular formula is C8H4ClF2N3O2. The minimum atomic E-state index is -2.98. The first-order chi connectivity index (χ1) is 7.51. The van der Waals surface area contributed by atoms with Crippen molar-refractivity contribution in [1.29, 1.82) is 5.26 Å². The molecule has 1 aromatic rings. The Hall–Kier alpha value is -1.81. The predicted octanol–water partition coefficient (Wildman–Crippen LogP) is 2.54. The molecule has 0 bridgehead atoms. The monoisotopic (exact) mass is 247 g/mol. The molecule has 16 heavy (non-hydrogen) atoms. The number of pyridine rings is 1. The molecule has 0 aromatic carbocycles. The van der Waals surface area contributed by atoms with E-state index in [1.807, 2.05) is 0 Å². The molecule has 0 fully saturated rings. The molecule has 0 unspecified atom stereocenters. The molecule has 8 heteroatoms. The zero-order chi connectivity index (χ0) is 12.3. The van der Waals surface area contributed by atoms with Crippen LogP contribution in [0.3, 0.4) is 0 Å². The third kappa shape index (κ3) is 2.23. The summed E-state index contributed by atoms with van der Waals surface area (Å²) in [5.41, 5.74) is -2.02. The third-order valence-corrected chi connectivity index (χ3v) is 2.05. The lowest BCUT2D eigenvalue weighted by Gasteiger charge is -2.04. The average Bonchev–Trinajstić information content (AvgIpc) is 2.26. The smallest absolute Gasteiger partial charge is 0.258 e. The predicted molar refractivity (Wildman–Crippen MR) is 50.1 cm³/mol. The molecule has 1 aromatic heterocycles. The summed E-state index contributed by atoms with van der Waals surface area (Å²) >= 11 is 5.41. The Balaban J connectivity index is 3.51. The maximum absolute atomic E-state index is 12.3. The van der Waals surface area contributed by atoms with Crippen LogP contribution in [0.5, 0.6) is 0 Å². The number of halogens is 3. The summed E-state index contributed by atoms with van der Waals surface area (Å²) < 4.78 is 24.7. The molecule has 0 aliphatic rings. The Morgan fingerprint density at radius 3 is 2.69 bits per heavy atom. The van der Waals surface area contributed by atoms with Gasteiger partial charge in [0.2, 0.25) is 0 Å². The van der Waals surface area contributed by atoms with Gasteiger partial charge in [0.05, 0.1) is 16.4 Å². The molecule has 0 amide bonds. The maximum Gasteiger partial charge on any atom is 0.280 e. The highest BCUT2D eigenvalue weighted by Gasteiger charge is 2.23. The van der Waals surface area contributed by atoms with Crippen LogP contribution in [-0.2, 0) is 5.88 Å². The molecule has 84 valence electrons. The SMILES string of the molecule is N#Cc1nc(C(F)F)cc([N+](=O)[O-])c1CCl. The summed E-state index contributed by atoms with van der Waals surface area (Å²) in [5, 5.41) is 19.2. The van der Waals surface area contributed by atoms with Gasteiger partial charge in [0.1, 0.15) is 11.8 Å². The number of aromatic nitrogens is 1. The molecule has 0 saturated carbocycles. The quantitative estimate of drug-likeness (QED) is 0.467. The number of hydrogen-bond acceptors (Lipinski definition) is 4. The van der Waals surface area contributed by atoms with Crippen molar-refractivity contribution in [3.05, 3.63) is 33.1 Å². The van der Waals surface area contributed by atoms with E-state index in [1.165, 1.54) is 6.07 Å². The summed E-state index contributed by atoms with van der Waals surface area (Å²) in [6.45, 7) is 0. The van der Waals surface area contributed by atoms with Gasteiger partial charge in [0, 0.05) is 6.07 Å². The zero-order valence-corrected chi connectivity index (χ0v) is 8.41. The van der Waals surface area contributed by atoms with Crippen molar-refractivity contribution in [3.8, 4) is 6.07 Å². The van der Waals surface area contributed by atoms with Gasteiger partial charge in [0.15, 0.2) is 5.69 Å². The number of nitriles is 1. The van der Waals surface area contributed by atoms with Crippen LogP contribution in [-0.4, -0.2) is 9.91 Å². The largest absolute Gasteiger partial charge is 0.280 e. The lowest BCUT2D eigenvalue weighted by atomic mass is 10.1. The number of hydrogen-bond donors (Lipinski definition) is 0. The summed E-state index contributed by atoms with van der Waals surface area (Å²) in [4.78, 5) is 13.0. The van der Waals surface area contributed by atoms with Gasteiger partial charge in [-0.15, -0.1) is 11.6 Å². The van der Waals surface area contributed by atoms with Gasteiger partial charge in [-0.2, -0.15) is 5.26 Å². The first kappa shape index (κ1) is 12.3. The van der Waals surface area contributed by atoms with E-state index in [0.717, 1.165) is 0 Å². The van der Waals surface area contributed by atoms with Crippen molar-refractivity contribution in [2.24, 2.45) is 0 Å². The van der Waals surface area contributed by atoms with Crippen LogP contribution in [0.25, 0.3) is 0 Å². The fraction of sp³-hybridized carbons (Fsp3) is 0.250. The number of alkyl halides is 3. The molecule has 0 spiro atoms. The fourth-order valence-electron chi connectivity index (χ4n) is 1.08. The molecule has 0 radical (unpaired) electrons. The molecular weight excluding hydrogens is 244 g/mol. The Kier molecular flexibility index (Phi) is 3.68. The van der Waals surface area contributed by atoms with E-state index >= 15 is 0 Å². The van der Waals surface area contributed by atoms with Crippen molar-refractivity contribution in [2.45, 2.75) is 12.3 Å². The van der Waals surface area contributed by atoms with E-state index in [1.54, 1.807) is 0 Å². The van der Waals surface area contributed by atoms with Gasteiger partial charge >= 0.3 is 0 Å². The number of nitro groups is 1.